The number of benzene rings is 2. The summed E-state index contributed by atoms with van der Waals surface area (Å²) in [5.74, 6) is 1.57. The second-order valence-electron chi connectivity index (χ2n) is 5.10. The minimum atomic E-state index is 0.0283. The number of halogens is 1. The van der Waals surface area contributed by atoms with Crippen LogP contribution in [-0.2, 0) is 6.61 Å². The topological polar surface area (TPSA) is 83.4 Å². The van der Waals surface area contributed by atoms with E-state index in [4.69, 9.17) is 31.2 Å². The third-order valence-electron chi connectivity index (χ3n) is 3.40. The number of anilines is 1. The third kappa shape index (κ3) is 4.30. The van der Waals surface area contributed by atoms with E-state index in [2.05, 4.69) is 10.2 Å². The molecule has 0 saturated heterocycles. The quantitative estimate of drug-likeness (QED) is 0.716. The van der Waals surface area contributed by atoms with Crippen molar-refractivity contribution >= 4 is 29.8 Å². The highest BCUT2D eigenvalue weighted by atomic mass is 35.5. The minimum absolute atomic E-state index is 0.0283. The molecule has 0 aliphatic heterocycles. The maximum atomic E-state index is 6.14. The Balaban J connectivity index is 1.73. The lowest BCUT2D eigenvalue weighted by Crippen LogP contribution is -1.98. The molecular formula is C18H16ClN3O3. The smallest absolute Gasteiger partial charge is 0.313 e. The second-order valence-corrected chi connectivity index (χ2v) is 5.51. The standard InChI is InChI=1S/C18H16ClN3O3/c1-23-16-10-12(7-9-17-21-22-18(20)25-17)6-8-15(16)24-11-13-4-2-3-5-14(13)19/h2-10H,11H2,1H3,(H2,20,22)/b9-7+. The summed E-state index contributed by atoms with van der Waals surface area (Å²) in [4.78, 5) is 0. The first-order chi connectivity index (χ1) is 12.2. The van der Waals surface area contributed by atoms with Crippen LogP contribution in [0.4, 0.5) is 6.01 Å². The highest BCUT2D eigenvalue weighted by molar-refractivity contribution is 6.31. The average molecular weight is 358 g/mol. The zero-order valence-electron chi connectivity index (χ0n) is 13.5. The average Bonchev–Trinajstić information content (AvgIpc) is 3.05. The molecule has 128 valence electrons. The summed E-state index contributed by atoms with van der Waals surface area (Å²) in [6.07, 6.45) is 3.48. The van der Waals surface area contributed by atoms with Gasteiger partial charge >= 0.3 is 6.01 Å². The summed E-state index contributed by atoms with van der Waals surface area (Å²) < 4.78 is 16.3. The molecule has 0 amide bonds. The molecule has 7 heteroatoms. The number of nitrogens with two attached hydrogens (primary N) is 1. The molecule has 25 heavy (non-hydrogen) atoms. The van der Waals surface area contributed by atoms with Crippen molar-refractivity contribution in [2.45, 2.75) is 6.61 Å². The van der Waals surface area contributed by atoms with Gasteiger partial charge in [-0.2, -0.15) is 0 Å². The van der Waals surface area contributed by atoms with Gasteiger partial charge in [-0.3, -0.25) is 0 Å². The highest BCUT2D eigenvalue weighted by Gasteiger charge is 2.07. The molecule has 2 aromatic carbocycles. The Morgan fingerprint density at radius 2 is 1.96 bits per heavy atom. The molecule has 0 bridgehead atoms. The number of nitrogens with zero attached hydrogens (tertiary/aromatic N) is 2. The lowest BCUT2D eigenvalue weighted by Gasteiger charge is -2.12. The Kier molecular flexibility index (Phi) is 5.20. The van der Waals surface area contributed by atoms with Gasteiger partial charge in [0.15, 0.2) is 11.5 Å². The van der Waals surface area contributed by atoms with Crippen molar-refractivity contribution in [2.75, 3.05) is 12.8 Å². The van der Waals surface area contributed by atoms with E-state index in [1.165, 1.54) is 0 Å². The van der Waals surface area contributed by atoms with Crippen LogP contribution in [0.1, 0.15) is 17.0 Å². The summed E-state index contributed by atoms with van der Waals surface area (Å²) in [6, 6.07) is 13.1. The molecule has 6 nitrogen and oxygen atoms in total. The van der Waals surface area contributed by atoms with Crippen LogP contribution in [-0.4, -0.2) is 17.3 Å². The molecule has 0 atom stereocenters. The van der Waals surface area contributed by atoms with Crippen molar-refractivity contribution in [3.05, 3.63) is 64.5 Å². The molecule has 1 aromatic heterocycles. The number of rotatable bonds is 6. The van der Waals surface area contributed by atoms with Crippen molar-refractivity contribution in [2.24, 2.45) is 0 Å². The molecule has 0 spiro atoms. The minimum Gasteiger partial charge on any atom is -0.493 e. The summed E-state index contributed by atoms with van der Waals surface area (Å²) in [6.45, 7) is 0.354. The SMILES string of the molecule is COc1cc(/C=C/c2nnc(N)o2)ccc1OCc1ccccc1Cl. The van der Waals surface area contributed by atoms with Gasteiger partial charge in [-0.15, -0.1) is 5.10 Å². The number of nitrogen functional groups attached to an aromatic ring is 1. The number of hydrogen-bond donors (Lipinski definition) is 1. The van der Waals surface area contributed by atoms with E-state index >= 15 is 0 Å². The molecule has 2 N–H and O–H groups in total. The van der Waals surface area contributed by atoms with Crippen molar-refractivity contribution in [3.63, 3.8) is 0 Å². The van der Waals surface area contributed by atoms with E-state index in [1.54, 1.807) is 13.2 Å². The van der Waals surface area contributed by atoms with Gasteiger partial charge in [-0.25, -0.2) is 0 Å². The number of methoxy groups -OCH3 is 1. The van der Waals surface area contributed by atoms with Crippen LogP contribution >= 0.6 is 11.6 Å². The lowest BCUT2D eigenvalue weighted by atomic mass is 10.2. The van der Waals surface area contributed by atoms with E-state index < -0.39 is 0 Å². The van der Waals surface area contributed by atoms with E-state index in [-0.39, 0.29) is 6.01 Å². The van der Waals surface area contributed by atoms with Gasteiger partial charge < -0.3 is 19.6 Å². The molecule has 0 radical (unpaired) electrons. The molecule has 0 unspecified atom stereocenters. The van der Waals surface area contributed by atoms with Crippen molar-refractivity contribution in [3.8, 4) is 11.5 Å². The van der Waals surface area contributed by atoms with Crippen molar-refractivity contribution in [1.29, 1.82) is 0 Å². The van der Waals surface area contributed by atoms with Crippen molar-refractivity contribution < 1.29 is 13.9 Å². The van der Waals surface area contributed by atoms with Crippen LogP contribution in [0, 0.1) is 0 Å². The van der Waals surface area contributed by atoms with Gasteiger partial charge in [0, 0.05) is 16.7 Å². The predicted octanol–water partition coefficient (Wildman–Crippen LogP) is 4.06. The van der Waals surface area contributed by atoms with Gasteiger partial charge in [0.2, 0.25) is 5.89 Å². The number of hydrogen-bond acceptors (Lipinski definition) is 6. The molecule has 3 rings (SSSR count). The highest BCUT2D eigenvalue weighted by Crippen LogP contribution is 2.30. The van der Waals surface area contributed by atoms with Crippen LogP contribution in [0.5, 0.6) is 11.5 Å². The van der Waals surface area contributed by atoms with Gasteiger partial charge in [-0.1, -0.05) is 41.0 Å². The van der Waals surface area contributed by atoms with Crippen LogP contribution in [0.15, 0.2) is 46.9 Å². The van der Waals surface area contributed by atoms with Crippen LogP contribution in [0.3, 0.4) is 0 Å². The Morgan fingerprint density at radius 3 is 2.68 bits per heavy atom. The number of ether oxygens (including phenoxy) is 2. The Morgan fingerprint density at radius 1 is 1.12 bits per heavy atom. The van der Waals surface area contributed by atoms with Crippen LogP contribution < -0.4 is 15.2 Å². The maximum absolute atomic E-state index is 6.14. The first kappa shape index (κ1) is 16.9. The monoisotopic (exact) mass is 357 g/mol. The Bertz CT molecular complexity index is 893. The first-order valence-corrected chi connectivity index (χ1v) is 7.85. The molecule has 0 aliphatic carbocycles. The fourth-order valence-corrected chi connectivity index (χ4v) is 2.35. The molecule has 3 aromatic rings. The normalized spacial score (nSPS) is 11.0. The fourth-order valence-electron chi connectivity index (χ4n) is 2.16. The molecule has 0 aliphatic rings. The van der Waals surface area contributed by atoms with Gasteiger partial charge in [0.25, 0.3) is 0 Å². The summed E-state index contributed by atoms with van der Waals surface area (Å²) in [5.41, 5.74) is 7.18. The van der Waals surface area contributed by atoms with Crippen LogP contribution in [0.2, 0.25) is 5.02 Å². The zero-order valence-corrected chi connectivity index (χ0v) is 14.2. The molecule has 1 heterocycles. The van der Waals surface area contributed by atoms with Gasteiger partial charge in [0.05, 0.1) is 7.11 Å². The lowest BCUT2D eigenvalue weighted by molar-refractivity contribution is 0.284. The fraction of sp³-hybridized carbons (Fsp3) is 0.111. The largest absolute Gasteiger partial charge is 0.493 e. The van der Waals surface area contributed by atoms with E-state index in [0.29, 0.717) is 29.0 Å². The molecule has 0 fully saturated rings. The van der Waals surface area contributed by atoms with Gasteiger partial charge in [0.1, 0.15) is 6.61 Å². The first-order valence-electron chi connectivity index (χ1n) is 7.47. The molecular weight excluding hydrogens is 342 g/mol. The van der Waals surface area contributed by atoms with E-state index in [1.807, 2.05) is 48.5 Å². The number of aromatic nitrogens is 2. The predicted molar refractivity (Wildman–Crippen MR) is 96.4 cm³/mol. The zero-order chi connectivity index (χ0) is 17.6. The van der Waals surface area contributed by atoms with Gasteiger partial charge in [-0.05, 0) is 29.8 Å². The molecule has 0 saturated carbocycles. The summed E-state index contributed by atoms with van der Waals surface area (Å²) >= 11 is 6.14. The third-order valence-corrected chi connectivity index (χ3v) is 3.77. The van der Waals surface area contributed by atoms with E-state index in [9.17, 15) is 0 Å². The Labute approximate surface area is 149 Å². The van der Waals surface area contributed by atoms with Crippen LogP contribution in [0.25, 0.3) is 12.2 Å². The summed E-state index contributed by atoms with van der Waals surface area (Å²) in [7, 11) is 1.59. The van der Waals surface area contributed by atoms with Crippen molar-refractivity contribution in [1.82, 2.24) is 10.2 Å². The summed E-state index contributed by atoms with van der Waals surface area (Å²) in [5, 5.41) is 8.02. The second kappa shape index (κ2) is 7.72. The Hall–Kier alpha value is -2.99. The maximum Gasteiger partial charge on any atom is 0.313 e. The van der Waals surface area contributed by atoms with E-state index in [0.717, 1.165) is 11.1 Å².